The van der Waals surface area contributed by atoms with Crippen LogP contribution in [-0.2, 0) is 11.3 Å². The van der Waals surface area contributed by atoms with Crippen LogP contribution in [-0.4, -0.2) is 53.4 Å². The van der Waals surface area contributed by atoms with Crippen molar-refractivity contribution in [3.05, 3.63) is 23.8 Å². The number of phenols is 1. The fraction of sp³-hybridized carbons (Fsp3) is 0.611. The second-order valence-electron chi connectivity index (χ2n) is 6.98. The van der Waals surface area contributed by atoms with E-state index in [1.807, 2.05) is 6.07 Å². The molecule has 2 aliphatic carbocycles. The van der Waals surface area contributed by atoms with Gasteiger partial charge in [-0.2, -0.15) is 0 Å². The van der Waals surface area contributed by atoms with Crippen molar-refractivity contribution in [2.75, 3.05) is 20.2 Å². The van der Waals surface area contributed by atoms with Crippen molar-refractivity contribution >= 4 is 5.97 Å². The summed E-state index contributed by atoms with van der Waals surface area (Å²) in [5.41, 5.74) is 1.01. The van der Waals surface area contributed by atoms with Crippen LogP contribution in [0.15, 0.2) is 18.2 Å². The monoisotopic (exact) mass is 334 g/mol. The fourth-order valence-corrected chi connectivity index (χ4v) is 3.31. The van der Waals surface area contributed by atoms with E-state index in [2.05, 4.69) is 10.2 Å². The van der Waals surface area contributed by atoms with Crippen molar-refractivity contribution in [2.45, 2.75) is 44.3 Å². The Balaban J connectivity index is 1.44. The number of nitrogens with one attached hydrogen (secondary N) is 1. The zero-order valence-corrected chi connectivity index (χ0v) is 14.1. The van der Waals surface area contributed by atoms with Crippen LogP contribution in [0.25, 0.3) is 0 Å². The Bertz CT molecular complexity index is 582. The molecule has 1 aromatic rings. The van der Waals surface area contributed by atoms with Crippen LogP contribution < -0.4 is 10.1 Å². The fourth-order valence-electron chi connectivity index (χ4n) is 3.31. The second-order valence-corrected chi connectivity index (χ2v) is 6.98. The molecule has 2 saturated carbocycles. The summed E-state index contributed by atoms with van der Waals surface area (Å²) in [7, 11) is 1.53. The van der Waals surface area contributed by atoms with E-state index in [-0.39, 0.29) is 12.3 Å². The maximum Gasteiger partial charge on any atom is 0.317 e. The van der Waals surface area contributed by atoms with E-state index < -0.39 is 5.97 Å². The lowest BCUT2D eigenvalue weighted by Crippen LogP contribution is -2.54. The van der Waals surface area contributed by atoms with Crippen LogP contribution in [0.2, 0.25) is 0 Å². The number of phenolic OH excluding ortho intramolecular Hbond substituents is 1. The molecule has 0 radical (unpaired) electrons. The van der Waals surface area contributed by atoms with Crippen LogP contribution in [0.1, 0.15) is 31.2 Å². The summed E-state index contributed by atoms with van der Waals surface area (Å²) >= 11 is 0. The molecule has 0 unspecified atom stereocenters. The maximum atomic E-state index is 11.0. The van der Waals surface area contributed by atoms with Crippen LogP contribution >= 0.6 is 0 Å². The van der Waals surface area contributed by atoms with Crippen molar-refractivity contribution in [1.29, 1.82) is 0 Å². The van der Waals surface area contributed by atoms with Crippen LogP contribution in [0, 0.1) is 5.92 Å². The van der Waals surface area contributed by atoms with Gasteiger partial charge in [0, 0.05) is 25.2 Å². The minimum absolute atomic E-state index is 0.153. The number of benzene rings is 1. The summed E-state index contributed by atoms with van der Waals surface area (Å²) in [4.78, 5) is 13.2. The number of carboxylic acids is 1. The molecule has 0 aliphatic heterocycles. The Kier molecular flexibility index (Phi) is 5.26. The van der Waals surface area contributed by atoms with Gasteiger partial charge in [-0.25, -0.2) is 0 Å². The SMILES string of the molecule is COc1ccc(CNC2CC(N(CC(=O)O)CC3CC3)C2)cc1O. The summed E-state index contributed by atoms with van der Waals surface area (Å²) in [5, 5.41) is 22.4. The highest BCUT2D eigenvalue weighted by Gasteiger charge is 2.36. The molecule has 1 aromatic carbocycles. The van der Waals surface area contributed by atoms with Gasteiger partial charge in [0.25, 0.3) is 0 Å². The Morgan fingerprint density at radius 2 is 2.12 bits per heavy atom. The number of ether oxygens (including phenoxy) is 1. The first kappa shape index (κ1) is 17.0. The highest BCUT2D eigenvalue weighted by molar-refractivity contribution is 5.69. The summed E-state index contributed by atoms with van der Waals surface area (Å²) in [6, 6.07) is 6.20. The molecule has 2 fully saturated rings. The number of hydrogen-bond donors (Lipinski definition) is 3. The average molecular weight is 334 g/mol. The molecule has 0 atom stereocenters. The van der Waals surface area contributed by atoms with E-state index >= 15 is 0 Å². The van der Waals surface area contributed by atoms with Gasteiger partial charge in [0.1, 0.15) is 0 Å². The van der Waals surface area contributed by atoms with Gasteiger partial charge in [-0.05, 0) is 49.3 Å². The Hall–Kier alpha value is -1.79. The molecule has 3 N–H and O–H groups in total. The number of aliphatic carboxylic acids is 1. The zero-order valence-electron chi connectivity index (χ0n) is 14.1. The van der Waals surface area contributed by atoms with Gasteiger partial charge in [-0.3, -0.25) is 9.69 Å². The van der Waals surface area contributed by atoms with E-state index in [4.69, 9.17) is 9.84 Å². The molecule has 0 bridgehead atoms. The topological polar surface area (TPSA) is 82.0 Å². The number of hydrogen-bond acceptors (Lipinski definition) is 5. The van der Waals surface area contributed by atoms with Crippen molar-refractivity contribution in [3.8, 4) is 11.5 Å². The lowest BCUT2D eigenvalue weighted by Gasteiger charge is -2.43. The van der Waals surface area contributed by atoms with Gasteiger partial charge in [-0.15, -0.1) is 0 Å². The standard InChI is InChI=1S/C18H26N2O4/c1-24-17-5-4-13(6-16(17)21)9-19-14-7-15(8-14)20(11-18(22)23)10-12-2-3-12/h4-6,12,14-15,19,21H,2-3,7-11H2,1H3,(H,22,23). The van der Waals surface area contributed by atoms with E-state index in [1.54, 1.807) is 12.1 Å². The molecule has 0 heterocycles. The van der Waals surface area contributed by atoms with Gasteiger partial charge in [0.05, 0.1) is 13.7 Å². The quantitative estimate of drug-likeness (QED) is 0.639. The molecule has 6 heteroatoms. The molecular weight excluding hydrogens is 308 g/mol. The summed E-state index contributed by atoms with van der Waals surface area (Å²) in [6.45, 7) is 1.77. The molecule has 132 valence electrons. The lowest BCUT2D eigenvalue weighted by molar-refractivity contribution is -0.139. The van der Waals surface area contributed by atoms with Crippen LogP contribution in [0.4, 0.5) is 0 Å². The highest BCUT2D eigenvalue weighted by atomic mass is 16.5. The van der Waals surface area contributed by atoms with Crippen molar-refractivity contribution < 1.29 is 19.7 Å². The predicted molar refractivity (Wildman–Crippen MR) is 90.2 cm³/mol. The Morgan fingerprint density at radius 1 is 1.38 bits per heavy atom. The molecular formula is C18H26N2O4. The molecule has 0 amide bonds. The molecule has 0 saturated heterocycles. The van der Waals surface area contributed by atoms with E-state index in [9.17, 15) is 9.90 Å². The van der Waals surface area contributed by atoms with E-state index in [1.165, 1.54) is 20.0 Å². The third kappa shape index (κ3) is 4.39. The van der Waals surface area contributed by atoms with Crippen LogP contribution in [0.3, 0.4) is 0 Å². The largest absolute Gasteiger partial charge is 0.504 e. The molecule has 6 nitrogen and oxygen atoms in total. The minimum Gasteiger partial charge on any atom is -0.504 e. The van der Waals surface area contributed by atoms with Gasteiger partial charge < -0.3 is 20.3 Å². The number of carboxylic acid groups (broad SMARTS) is 1. The first-order valence-electron chi connectivity index (χ1n) is 8.60. The third-order valence-corrected chi connectivity index (χ3v) is 5.00. The number of carbonyl (C=O) groups is 1. The minimum atomic E-state index is -0.735. The first-order chi connectivity index (χ1) is 11.5. The first-order valence-corrected chi connectivity index (χ1v) is 8.60. The summed E-state index contributed by atoms with van der Waals surface area (Å²) < 4.78 is 5.04. The number of methoxy groups -OCH3 is 1. The van der Waals surface area contributed by atoms with E-state index in [0.717, 1.165) is 24.9 Å². The highest BCUT2D eigenvalue weighted by Crippen LogP contribution is 2.34. The second kappa shape index (κ2) is 7.40. The lowest BCUT2D eigenvalue weighted by atomic mass is 9.85. The van der Waals surface area contributed by atoms with Crippen molar-refractivity contribution in [1.82, 2.24) is 10.2 Å². The zero-order chi connectivity index (χ0) is 17.1. The maximum absolute atomic E-state index is 11.0. The third-order valence-electron chi connectivity index (χ3n) is 5.00. The number of aromatic hydroxyl groups is 1. The summed E-state index contributed by atoms with van der Waals surface area (Å²) in [6.07, 6.45) is 4.46. The number of rotatable bonds is 9. The van der Waals surface area contributed by atoms with Gasteiger partial charge in [0.2, 0.25) is 0 Å². The average Bonchev–Trinajstić information content (AvgIpc) is 3.29. The van der Waals surface area contributed by atoms with Crippen molar-refractivity contribution in [2.24, 2.45) is 5.92 Å². The van der Waals surface area contributed by atoms with Gasteiger partial charge in [0.15, 0.2) is 11.5 Å². The molecule has 0 aromatic heterocycles. The molecule has 0 spiro atoms. The normalized spacial score (nSPS) is 23.1. The predicted octanol–water partition coefficient (Wildman–Crippen LogP) is 1.82. The van der Waals surface area contributed by atoms with Crippen molar-refractivity contribution in [3.63, 3.8) is 0 Å². The number of nitrogens with zero attached hydrogens (tertiary/aromatic N) is 1. The summed E-state index contributed by atoms with van der Waals surface area (Å²) in [5.74, 6) is 0.603. The molecule has 3 rings (SSSR count). The molecule has 2 aliphatic rings. The van der Waals surface area contributed by atoms with Gasteiger partial charge >= 0.3 is 5.97 Å². The van der Waals surface area contributed by atoms with Crippen LogP contribution in [0.5, 0.6) is 11.5 Å². The smallest absolute Gasteiger partial charge is 0.317 e. The van der Waals surface area contributed by atoms with E-state index in [0.29, 0.717) is 30.3 Å². The van der Waals surface area contributed by atoms with Gasteiger partial charge in [-0.1, -0.05) is 6.07 Å². The molecule has 24 heavy (non-hydrogen) atoms. The Morgan fingerprint density at radius 3 is 2.71 bits per heavy atom. The Labute approximate surface area is 142 Å².